The van der Waals surface area contributed by atoms with Crippen molar-refractivity contribution < 1.29 is 9.53 Å². The molecule has 0 aliphatic carbocycles. The highest BCUT2D eigenvalue weighted by Gasteiger charge is 2.06. The first-order valence-corrected chi connectivity index (χ1v) is 3.20. The molecule has 0 saturated carbocycles. The van der Waals surface area contributed by atoms with Gasteiger partial charge in [0.25, 0.3) is 0 Å². The summed E-state index contributed by atoms with van der Waals surface area (Å²) < 4.78 is 4.70. The van der Waals surface area contributed by atoms with Crippen LogP contribution in [0.2, 0.25) is 0 Å². The van der Waals surface area contributed by atoms with E-state index in [-0.39, 0.29) is 0 Å². The molecule has 0 aromatic heterocycles. The predicted molar refractivity (Wildman–Crippen MR) is 39.2 cm³/mol. The van der Waals surface area contributed by atoms with Gasteiger partial charge in [0.15, 0.2) is 6.23 Å². The molecule has 0 bridgehead atoms. The molecule has 0 saturated heterocycles. The third kappa shape index (κ3) is 3.25. The van der Waals surface area contributed by atoms with Crippen LogP contribution in [0, 0.1) is 0 Å². The van der Waals surface area contributed by atoms with Gasteiger partial charge in [0.2, 0.25) is 0 Å². The lowest BCUT2D eigenvalue weighted by atomic mass is 10.3. The van der Waals surface area contributed by atoms with E-state index in [1.165, 1.54) is 0 Å². The minimum Gasteiger partial charge on any atom is -0.443 e. The van der Waals surface area contributed by atoms with Gasteiger partial charge in [-0.1, -0.05) is 13.5 Å². The zero-order valence-corrected chi connectivity index (χ0v) is 6.39. The van der Waals surface area contributed by atoms with Crippen LogP contribution in [-0.2, 0) is 9.53 Å². The Bertz CT molecular complexity index is 143. The monoisotopic (exact) mass is 143 g/mol. The summed E-state index contributed by atoms with van der Waals surface area (Å²) in [5, 5.41) is 0. The van der Waals surface area contributed by atoms with E-state index in [4.69, 9.17) is 10.5 Å². The maximum atomic E-state index is 10.7. The molecule has 10 heavy (non-hydrogen) atoms. The molecule has 0 aliphatic rings. The molecule has 1 atom stereocenters. The molecule has 0 aromatic rings. The third-order valence-corrected chi connectivity index (χ3v) is 1.01. The largest absolute Gasteiger partial charge is 0.443 e. The second kappa shape index (κ2) is 4.06. The molecule has 0 radical (unpaired) electrons. The topological polar surface area (TPSA) is 52.3 Å². The summed E-state index contributed by atoms with van der Waals surface area (Å²) in [7, 11) is 0. The SMILES string of the molecule is C=C(C)C(=O)OC(N)CC. The summed E-state index contributed by atoms with van der Waals surface area (Å²) in [6.07, 6.45) is 0.128. The van der Waals surface area contributed by atoms with Crippen molar-refractivity contribution in [3.05, 3.63) is 12.2 Å². The van der Waals surface area contributed by atoms with Crippen LogP contribution in [-0.4, -0.2) is 12.2 Å². The van der Waals surface area contributed by atoms with Gasteiger partial charge in [-0.15, -0.1) is 0 Å². The first kappa shape index (κ1) is 9.17. The van der Waals surface area contributed by atoms with Gasteiger partial charge in [-0.2, -0.15) is 0 Å². The highest BCUT2D eigenvalue weighted by atomic mass is 16.6. The molecule has 0 aromatic carbocycles. The van der Waals surface area contributed by atoms with Crippen LogP contribution in [0.25, 0.3) is 0 Å². The molecular weight excluding hydrogens is 130 g/mol. The molecule has 1 unspecified atom stereocenters. The summed E-state index contributed by atoms with van der Waals surface area (Å²) in [5.74, 6) is -0.422. The van der Waals surface area contributed by atoms with Gasteiger partial charge in [0.05, 0.1) is 0 Å². The normalized spacial score (nSPS) is 12.3. The Labute approximate surface area is 60.9 Å². The smallest absolute Gasteiger partial charge is 0.334 e. The zero-order valence-electron chi connectivity index (χ0n) is 6.39. The van der Waals surface area contributed by atoms with Gasteiger partial charge < -0.3 is 4.74 Å². The summed E-state index contributed by atoms with van der Waals surface area (Å²) in [6, 6.07) is 0. The van der Waals surface area contributed by atoms with Crippen LogP contribution < -0.4 is 5.73 Å². The van der Waals surface area contributed by atoms with Gasteiger partial charge in [0, 0.05) is 5.57 Å². The van der Waals surface area contributed by atoms with Crippen LogP contribution in [0.1, 0.15) is 20.3 Å². The average Bonchev–Trinajstić information content (AvgIpc) is 1.87. The quantitative estimate of drug-likeness (QED) is 0.361. The fraction of sp³-hybridized carbons (Fsp3) is 0.571. The maximum absolute atomic E-state index is 10.7. The van der Waals surface area contributed by atoms with Gasteiger partial charge in [-0.3, -0.25) is 5.73 Å². The van der Waals surface area contributed by atoms with Crippen LogP contribution in [0.15, 0.2) is 12.2 Å². The number of nitrogens with two attached hydrogens (primary N) is 1. The second-order valence-electron chi connectivity index (χ2n) is 2.13. The lowest BCUT2D eigenvalue weighted by Gasteiger charge is -2.09. The number of rotatable bonds is 3. The fourth-order valence-electron chi connectivity index (χ4n) is 0.321. The van der Waals surface area contributed by atoms with E-state index in [1.54, 1.807) is 6.92 Å². The van der Waals surface area contributed by atoms with Crippen molar-refractivity contribution in [2.24, 2.45) is 5.73 Å². The van der Waals surface area contributed by atoms with E-state index in [2.05, 4.69) is 6.58 Å². The summed E-state index contributed by atoms with van der Waals surface area (Å²) >= 11 is 0. The first-order valence-electron chi connectivity index (χ1n) is 3.20. The number of esters is 1. The van der Waals surface area contributed by atoms with E-state index in [0.717, 1.165) is 0 Å². The van der Waals surface area contributed by atoms with Crippen LogP contribution in [0.3, 0.4) is 0 Å². The molecular formula is C7H13NO2. The van der Waals surface area contributed by atoms with E-state index in [1.807, 2.05) is 6.92 Å². The van der Waals surface area contributed by atoms with Crippen molar-refractivity contribution in [1.82, 2.24) is 0 Å². The van der Waals surface area contributed by atoms with E-state index in [9.17, 15) is 4.79 Å². The van der Waals surface area contributed by atoms with Gasteiger partial charge >= 0.3 is 5.97 Å². The molecule has 3 nitrogen and oxygen atoms in total. The Kier molecular flexibility index (Phi) is 3.72. The van der Waals surface area contributed by atoms with Gasteiger partial charge in [-0.05, 0) is 13.3 Å². The number of carbonyl (C=O) groups is 1. The van der Waals surface area contributed by atoms with Crippen molar-refractivity contribution in [3.63, 3.8) is 0 Å². The van der Waals surface area contributed by atoms with E-state index in [0.29, 0.717) is 12.0 Å². The second-order valence-corrected chi connectivity index (χ2v) is 2.13. The van der Waals surface area contributed by atoms with E-state index < -0.39 is 12.2 Å². The molecule has 0 spiro atoms. The lowest BCUT2D eigenvalue weighted by Crippen LogP contribution is -2.26. The minimum atomic E-state index is -0.496. The van der Waals surface area contributed by atoms with E-state index >= 15 is 0 Å². The van der Waals surface area contributed by atoms with Crippen LogP contribution >= 0.6 is 0 Å². The number of carbonyl (C=O) groups excluding carboxylic acids is 1. The standard InChI is InChI=1S/C7H13NO2/c1-4-6(8)10-7(9)5(2)3/h6H,2,4,8H2,1,3H3. The Hall–Kier alpha value is -0.830. The Morgan fingerprint density at radius 3 is 2.60 bits per heavy atom. The van der Waals surface area contributed by atoms with Crippen LogP contribution in [0.4, 0.5) is 0 Å². The predicted octanol–water partition coefficient (Wildman–Crippen LogP) is 0.800. The molecule has 0 aliphatic heterocycles. The minimum absolute atomic E-state index is 0.379. The fourth-order valence-corrected chi connectivity index (χ4v) is 0.321. The van der Waals surface area contributed by atoms with Gasteiger partial charge in [-0.25, -0.2) is 4.79 Å². The molecule has 0 fully saturated rings. The summed E-state index contributed by atoms with van der Waals surface area (Å²) in [4.78, 5) is 10.7. The molecule has 0 rings (SSSR count). The highest BCUT2D eigenvalue weighted by Crippen LogP contribution is 1.96. The highest BCUT2D eigenvalue weighted by molar-refractivity contribution is 5.87. The van der Waals surface area contributed by atoms with Crippen LogP contribution in [0.5, 0.6) is 0 Å². The summed E-state index contributed by atoms with van der Waals surface area (Å²) in [5.41, 5.74) is 5.71. The van der Waals surface area contributed by atoms with Gasteiger partial charge in [0.1, 0.15) is 0 Å². The molecule has 58 valence electrons. The molecule has 3 heteroatoms. The van der Waals surface area contributed by atoms with Crippen molar-refractivity contribution in [2.45, 2.75) is 26.5 Å². The Balaban J connectivity index is 3.68. The summed E-state index contributed by atoms with van der Waals surface area (Å²) in [6.45, 7) is 6.84. The third-order valence-electron chi connectivity index (χ3n) is 1.01. The number of hydrogen-bond donors (Lipinski definition) is 1. The maximum Gasteiger partial charge on any atom is 0.334 e. The molecule has 0 heterocycles. The van der Waals surface area contributed by atoms with Crippen molar-refractivity contribution >= 4 is 5.97 Å². The Morgan fingerprint density at radius 1 is 1.80 bits per heavy atom. The molecule has 0 amide bonds. The average molecular weight is 143 g/mol. The number of ether oxygens (including phenoxy) is 1. The van der Waals surface area contributed by atoms with Crippen molar-refractivity contribution in [2.75, 3.05) is 0 Å². The Morgan fingerprint density at radius 2 is 2.30 bits per heavy atom. The molecule has 2 N–H and O–H groups in total. The van der Waals surface area contributed by atoms with Crippen molar-refractivity contribution in [3.8, 4) is 0 Å². The zero-order chi connectivity index (χ0) is 8.15. The number of hydrogen-bond acceptors (Lipinski definition) is 3. The first-order chi connectivity index (χ1) is 4.57. The van der Waals surface area contributed by atoms with Crippen molar-refractivity contribution in [1.29, 1.82) is 0 Å². The lowest BCUT2D eigenvalue weighted by molar-refractivity contribution is -0.144.